The molecular weight excluding hydrogens is 384 g/mol. The molecule has 0 aliphatic rings. The summed E-state index contributed by atoms with van der Waals surface area (Å²) in [5, 5.41) is 0. The Morgan fingerprint density at radius 2 is 1.16 bits per heavy atom. The Balaban J connectivity index is 2.02. The molecule has 0 bridgehead atoms. The van der Waals surface area contributed by atoms with Crippen LogP contribution >= 0.6 is 0 Å². The van der Waals surface area contributed by atoms with Crippen molar-refractivity contribution in [2.75, 3.05) is 0 Å². The molecule has 0 saturated carbocycles. The number of carbonyl (C=O) groups excluding carboxylic acids is 2. The van der Waals surface area contributed by atoms with E-state index < -0.39 is 0 Å². The third-order valence-electron chi connectivity index (χ3n) is 5.13. The summed E-state index contributed by atoms with van der Waals surface area (Å²) in [7, 11) is 0. The van der Waals surface area contributed by atoms with Crippen LogP contribution in [0.15, 0.2) is 107 Å². The predicted molar refractivity (Wildman–Crippen MR) is 122 cm³/mol. The van der Waals surface area contributed by atoms with Crippen molar-refractivity contribution in [1.29, 1.82) is 0 Å². The summed E-state index contributed by atoms with van der Waals surface area (Å²) in [6.45, 7) is 0. The number of isocyanates is 2. The van der Waals surface area contributed by atoms with Gasteiger partial charge in [0.25, 0.3) is 0 Å². The number of nitrogens with zero attached hydrogens (tertiary/aromatic N) is 2. The normalized spacial score (nSPS) is 10.1. The second kappa shape index (κ2) is 9.43. The van der Waals surface area contributed by atoms with Gasteiger partial charge in [0.1, 0.15) is 0 Å². The first-order valence-corrected chi connectivity index (χ1v) is 9.82. The second-order valence-electron chi connectivity index (χ2n) is 6.93. The van der Waals surface area contributed by atoms with Crippen molar-refractivity contribution in [2.45, 2.75) is 6.42 Å². The summed E-state index contributed by atoms with van der Waals surface area (Å²) in [6.07, 6.45) is 3.74. The largest absolute Gasteiger partial charge is 0.240 e. The molecule has 4 rings (SSSR count). The predicted octanol–water partition coefficient (Wildman–Crippen LogP) is 6.55. The van der Waals surface area contributed by atoms with Gasteiger partial charge in [0, 0.05) is 6.42 Å². The van der Waals surface area contributed by atoms with Crippen molar-refractivity contribution in [2.24, 2.45) is 9.98 Å². The molecule has 0 aliphatic carbocycles. The first-order chi connectivity index (χ1) is 15.3. The van der Waals surface area contributed by atoms with E-state index in [9.17, 15) is 9.59 Å². The van der Waals surface area contributed by atoms with Crippen LogP contribution < -0.4 is 0 Å². The molecule has 4 heteroatoms. The van der Waals surface area contributed by atoms with E-state index in [1.54, 1.807) is 18.2 Å². The van der Waals surface area contributed by atoms with Crippen LogP contribution in [0.25, 0.3) is 22.3 Å². The Hall–Kier alpha value is -4.36. The first kappa shape index (κ1) is 19.9. The number of aliphatic imine (C=N–C) groups is 2. The maximum Gasteiger partial charge on any atom is 0.240 e. The smallest absolute Gasteiger partial charge is 0.211 e. The van der Waals surface area contributed by atoms with Crippen LogP contribution in [-0.4, -0.2) is 12.2 Å². The molecule has 0 amide bonds. The highest BCUT2D eigenvalue weighted by Crippen LogP contribution is 2.41. The van der Waals surface area contributed by atoms with Crippen LogP contribution in [0.2, 0.25) is 0 Å². The highest BCUT2D eigenvalue weighted by molar-refractivity contribution is 5.89. The summed E-state index contributed by atoms with van der Waals surface area (Å²) in [4.78, 5) is 29.9. The SMILES string of the molecule is O=C=Nc1ccccc1Cc1c(N=C=O)ccc(-c2ccccc2)c1-c1ccccc1. The van der Waals surface area contributed by atoms with Crippen LogP contribution in [0.1, 0.15) is 11.1 Å². The van der Waals surface area contributed by atoms with Crippen LogP contribution in [0.4, 0.5) is 11.4 Å². The lowest BCUT2D eigenvalue weighted by Crippen LogP contribution is -1.97. The van der Waals surface area contributed by atoms with E-state index in [-0.39, 0.29) is 0 Å². The fourth-order valence-corrected chi connectivity index (χ4v) is 3.77. The van der Waals surface area contributed by atoms with Gasteiger partial charge in [0.15, 0.2) is 0 Å². The van der Waals surface area contributed by atoms with E-state index in [2.05, 4.69) is 22.1 Å². The molecule has 0 spiro atoms. The fourth-order valence-electron chi connectivity index (χ4n) is 3.77. The standard InChI is InChI=1S/C27H18N2O2/c30-18-28-25-14-8-7-13-22(25)17-24-26(29-19-31)16-15-23(20-9-3-1-4-10-20)27(24)21-11-5-2-6-12-21/h1-16H,17H2. The number of para-hydroxylation sites is 1. The lowest BCUT2D eigenvalue weighted by molar-refractivity contribution is 0.564. The Labute approximate surface area is 180 Å². The van der Waals surface area contributed by atoms with E-state index >= 15 is 0 Å². The van der Waals surface area contributed by atoms with Gasteiger partial charge in [-0.1, -0.05) is 84.9 Å². The number of hydrogen-bond acceptors (Lipinski definition) is 4. The maximum atomic E-state index is 11.2. The molecule has 4 aromatic carbocycles. The molecule has 148 valence electrons. The highest BCUT2D eigenvalue weighted by atomic mass is 16.1. The summed E-state index contributed by atoms with van der Waals surface area (Å²) in [5.74, 6) is 0. The average molecular weight is 402 g/mol. The summed E-state index contributed by atoms with van der Waals surface area (Å²) in [5.41, 5.74) is 6.87. The van der Waals surface area contributed by atoms with Crippen molar-refractivity contribution in [3.63, 3.8) is 0 Å². The van der Waals surface area contributed by atoms with E-state index in [4.69, 9.17) is 0 Å². The maximum absolute atomic E-state index is 11.2. The number of benzene rings is 4. The molecule has 0 atom stereocenters. The Morgan fingerprint density at radius 3 is 1.84 bits per heavy atom. The Morgan fingerprint density at radius 1 is 0.581 bits per heavy atom. The molecule has 0 saturated heterocycles. The van der Waals surface area contributed by atoms with Gasteiger partial charge >= 0.3 is 0 Å². The van der Waals surface area contributed by atoms with Crippen LogP contribution in [0, 0.1) is 0 Å². The van der Waals surface area contributed by atoms with Gasteiger partial charge in [-0.25, -0.2) is 9.59 Å². The van der Waals surface area contributed by atoms with Crippen molar-refractivity contribution in [3.8, 4) is 22.3 Å². The molecule has 4 nitrogen and oxygen atoms in total. The van der Waals surface area contributed by atoms with Gasteiger partial charge in [-0.05, 0) is 45.5 Å². The summed E-state index contributed by atoms with van der Waals surface area (Å²) < 4.78 is 0. The first-order valence-electron chi connectivity index (χ1n) is 9.82. The zero-order valence-corrected chi connectivity index (χ0v) is 16.7. The molecule has 0 aliphatic heterocycles. The fraction of sp³-hybridized carbons (Fsp3) is 0.0370. The molecule has 31 heavy (non-hydrogen) atoms. The average Bonchev–Trinajstić information content (AvgIpc) is 2.82. The lowest BCUT2D eigenvalue weighted by atomic mass is 9.86. The van der Waals surface area contributed by atoms with Gasteiger partial charge in [0.2, 0.25) is 12.2 Å². The molecule has 0 N–H and O–H groups in total. The zero-order valence-electron chi connectivity index (χ0n) is 16.7. The van der Waals surface area contributed by atoms with Crippen molar-refractivity contribution in [1.82, 2.24) is 0 Å². The van der Waals surface area contributed by atoms with E-state index in [1.165, 1.54) is 0 Å². The third kappa shape index (κ3) is 4.31. The molecule has 0 unspecified atom stereocenters. The number of rotatable bonds is 6. The zero-order chi connectivity index (χ0) is 21.5. The Kier molecular flexibility index (Phi) is 6.06. The topological polar surface area (TPSA) is 58.9 Å². The molecule has 0 aromatic heterocycles. The van der Waals surface area contributed by atoms with Gasteiger partial charge in [-0.2, -0.15) is 9.98 Å². The minimum absolute atomic E-state index is 0.437. The van der Waals surface area contributed by atoms with E-state index in [1.807, 2.05) is 78.9 Å². The minimum atomic E-state index is 0.437. The summed E-state index contributed by atoms with van der Waals surface area (Å²) >= 11 is 0. The van der Waals surface area contributed by atoms with Crippen LogP contribution in [0.5, 0.6) is 0 Å². The van der Waals surface area contributed by atoms with Crippen LogP contribution in [-0.2, 0) is 16.0 Å². The highest BCUT2D eigenvalue weighted by Gasteiger charge is 2.18. The number of hydrogen-bond donors (Lipinski definition) is 0. The summed E-state index contributed by atoms with van der Waals surface area (Å²) in [6, 6.07) is 31.3. The Bertz CT molecular complexity index is 1300. The van der Waals surface area contributed by atoms with E-state index in [0.717, 1.165) is 33.4 Å². The van der Waals surface area contributed by atoms with Crippen LogP contribution in [0.3, 0.4) is 0 Å². The lowest BCUT2D eigenvalue weighted by Gasteiger charge is -2.18. The second-order valence-corrected chi connectivity index (χ2v) is 6.93. The van der Waals surface area contributed by atoms with Gasteiger partial charge in [-0.15, -0.1) is 0 Å². The molecule has 0 heterocycles. The molecular formula is C27H18N2O2. The third-order valence-corrected chi connectivity index (χ3v) is 5.13. The van der Waals surface area contributed by atoms with E-state index in [0.29, 0.717) is 17.8 Å². The van der Waals surface area contributed by atoms with Crippen molar-refractivity contribution >= 4 is 23.5 Å². The van der Waals surface area contributed by atoms with Gasteiger partial charge < -0.3 is 0 Å². The monoisotopic (exact) mass is 402 g/mol. The van der Waals surface area contributed by atoms with Gasteiger partial charge in [0.05, 0.1) is 11.4 Å². The van der Waals surface area contributed by atoms with Crippen molar-refractivity contribution < 1.29 is 9.59 Å². The quantitative estimate of drug-likeness (QED) is 0.271. The molecule has 4 aromatic rings. The molecule has 0 fully saturated rings. The van der Waals surface area contributed by atoms with Gasteiger partial charge in [-0.3, -0.25) is 0 Å². The van der Waals surface area contributed by atoms with Crippen molar-refractivity contribution in [3.05, 3.63) is 108 Å². The minimum Gasteiger partial charge on any atom is -0.211 e. The molecule has 0 radical (unpaired) electrons.